The number of benzene rings is 1. The highest BCUT2D eigenvalue weighted by molar-refractivity contribution is 6.30. The van der Waals surface area contributed by atoms with Crippen molar-refractivity contribution in [1.82, 2.24) is 0 Å². The highest BCUT2D eigenvalue weighted by Crippen LogP contribution is 2.39. The molecule has 1 aromatic carbocycles. The van der Waals surface area contributed by atoms with Crippen molar-refractivity contribution in [3.8, 4) is 0 Å². The molecule has 3 atom stereocenters. The summed E-state index contributed by atoms with van der Waals surface area (Å²) < 4.78 is 13.8. The first kappa shape index (κ1) is 13.8. The molecular formula is C15H20ClFO. The summed E-state index contributed by atoms with van der Waals surface area (Å²) in [5.74, 6) is 0.460. The Morgan fingerprint density at radius 3 is 2.89 bits per heavy atom. The van der Waals surface area contributed by atoms with Gasteiger partial charge >= 0.3 is 0 Å². The van der Waals surface area contributed by atoms with Crippen LogP contribution >= 0.6 is 11.6 Å². The fourth-order valence-electron chi connectivity index (χ4n) is 2.99. The Bertz CT molecular complexity index is 407. The maximum Gasteiger partial charge on any atom is 0.130 e. The smallest absolute Gasteiger partial charge is 0.130 e. The van der Waals surface area contributed by atoms with Gasteiger partial charge in [0.1, 0.15) is 5.82 Å². The Kier molecular flexibility index (Phi) is 4.63. The lowest BCUT2D eigenvalue weighted by atomic mass is 9.76. The van der Waals surface area contributed by atoms with Crippen LogP contribution in [0, 0.1) is 17.7 Å². The zero-order valence-electron chi connectivity index (χ0n) is 10.7. The number of hydrogen-bond donors (Lipinski definition) is 1. The molecule has 1 aliphatic rings. The molecule has 0 aliphatic heterocycles. The molecule has 0 radical (unpaired) electrons. The van der Waals surface area contributed by atoms with E-state index >= 15 is 0 Å². The Balaban J connectivity index is 2.12. The molecule has 1 aliphatic carbocycles. The van der Waals surface area contributed by atoms with Gasteiger partial charge < -0.3 is 5.11 Å². The van der Waals surface area contributed by atoms with Crippen LogP contribution in [0.2, 0.25) is 5.02 Å². The first-order valence-electron chi connectivity index (χ1n) is 6.74. The summed E-state index contributed by atoms with van der Waals surface area (Å²) in [6.07, 6.45) is 4.81. The molecule has 3 heteroatoms. The quantitative estimate of drug-likeness (QED) is 0.842. The maximum atomic E-state index is 13.8. The van der Waals surface area contributed by atoms with Crippen molar-refractivity contribution in [3.05, 3.63) is 34.6 Å². The molecule has 3 unspecified atom stereocenters. The van der Waals surface area contributed by atoms with Crippen molar-refractivity contribution in [3.63, 3.8) is 0 Å². The number of aliphatic hydroxyl groups is 1. The molecule has 1 fully saturated rings. The number of rotatable bonds is 3. The summed E-state index contributed by atoms with van der Waals surface area (Å²) in [7, 11) is 0. The number of aliphatic hydroxyl groups excluding tert-OH is 1. The van der Waals surface area contributed by atoms with Gasteiger partial charge in [0, 0.05) is 10.6 Å². The van der Waals surface area contributed by atoms with Crippen LogP contribution in [0.25, 0.3) is 0 Å². The maximum absolute atomic E-state index is 13.8. The van der Waals surface area contributed by atoms with Crippen LogP contribution in [0.1, 0.15) is 50.7 Å². The fourth-order valence-corrected chi connectivity index (χ4v) is 3.14. The van der Waals surface area contributed by atoms with E-state index in [9.17, 15) is 9.50 Å². The van der Waals surface area contributed by atoms with Gasteiger partial charge in [-0.15, -0.1) is 0 Å². The molecule has 0 bridgehead atoms. The molecule has 1 N–H and O–H groups in total. The van der Waals surface area contributed by atoms with E-state index in [0.717, 1.165) is 25.7 Å². The normalized spacial score (nSPS) is 26.0. The van der Waals surface area contributed by atoms with Crippen molar-refractivity contribution < 1.29 is 9.50 Å². The van der Waals surface area contributed by atoms with Crippen LogP contribution in [0.5, 0.6) is 0 Å². The number of hydrogen-bond acceptors (Lipinski definition) is 1. The lowest BCUT2D eigenvalue weighted by Gasteiger charge is -2.32. The summed E-state index contributed by atoms with van der Waals surface area (Å²) in [6.45, 7) is 2.18. The second-order valence-electron chi connectivity index (χ2n) is 5.31. The predicted octanol–water partition coefficient (Wildman–Crippen LogP) is 4.73. The third-order valence-electron chi connectivity index (χ3n) is 4.13. The Morgan fingerprint density at radius 1 is 1.44 bits per heavy atom. The van der Waals surface area contributed by atoms with Crippen molar-refractivity contribution in [2.24, 2.45) is 11.8 Å². The van der Waals surface area contributed by atoms with Crippen LogP contribution in [0.15, 0.2) is 18.2 Å². The van der Waals surface area contributed by atoms with E-state index in [0.29, 0.717) is 16.5 Å². The zero-order chi connectivity index (χ0) is 13.1. The van der Waals surface area contributed by atoms with Gasteiger partial charge in [-0.25, -0.2) is 4.39 Å². The van der Waals surface area contributed by atoms with Gasteiger partial charge in [-0.05, 0) is 36.8 Å². The fraction of sp³-hybridized carbons (Fsp3) is 0.600. The largest absolute Gasteiger partial charge is 0.388 e. The molecule has 0 heterocycles. The third kappa shape index (κ3) is 3.04. The minimum Gasteiger partial charge on any atom is -0.388 e. The highest BCUT2D eigenvalue weighted by atomic mass is 35.5. The molecule has 100 valence electrons. The van der Waals surface area contributed by atoms with Crippen molar-refractivity contribution >= 4 is 11.6 Å². The first-order valence-corrected chi connectivity index (χ1v) is 7.12. The van der Waals surface area contributed by atoms with Crippen LogP contribution in [-0.2, 0) is 0 Å². The van der Waals surface area contributed by atoms with Crippen LogP contribution in [0.4, 0.5) is 4.39 Å². The zero-order valence-corrected chi connectivity index (χ0v) is 11.5. The monoisotopic (exact) mass is 270 g/mol. The van der Waals surface area contributed by atoms with Crippen LogP contribution < -0.4 is 0 Å². The topological polar surface area (TPSA) is 20.2 Å². The molecule has 0 saturated heterocycles. The molecular weight excluding hydrogens is 251 g/mol. The van der Waals surface area contributed by atoms with E-state index in [2.05, 4.69) is 6.92 Å². The summed E-state index contributed by atoms with van der Waals surface area (Å²) in [5.41, 5.74) is 0.390. The molecule has 0 spiro atoms. The SMILES string of the molecule is CCC1CCCC(C(O)c2ccc(Cl)cc2F)C1. The summed E-state index contributed by atoms with van der Waals surface area (Å²) in [4.78, 5) is 0. The molecule has 0 aromatic heterocycles. The van der Waals surface area contributed by atoms with Gasteiger partial charge in [0.2, 0.25) is 0 Å². The minimum absolute atomic E-state index is 0.180. The standard InChI is InChI=1S/C15H20ClFO/c1-2-10-4-3-5-11(8-10)15(18)13-7-6-12(16)9-14(13)17/h6-7,9-11,15,18H,2-5,8H2,1H3. The van der Waals surface area contributed by atoms with Gasteiger partial charge in [-0.3, -0.25) is 0 Å². The van der Waals surface area contributed by atoms with Crippen molar-refractivity contribution in [2.45, 2.75) is 45.1 Å². The highest BCUT2D eigenvalue weighted by Gasteiger charge is 2.28. The van der Waals surface area contributed by atoms with Gasteiger partial charge in [-0.2, -0.15) is 0 Å². The third-order valence-corrected chi connectivity index (χ3v) is 4.36. The number of halogens is 2. The minimum atomic E-state index is -0.698. The molecule has 1 aromatic rings. The Hall–Kier alpha value is -0.600. The molecule has 18 heavy (non-hydrogen) atoms. The van der Waals surface area contributed by atoms with Gasteiger partial charge in [0.05, 0.1) is 6.10 Å². The summed E-state index contributed by atoms with van der Waals surface area (Å²) >= 11 is 5.73. The van der Waals surface area contributed by atoms with E-state index in [-0.39, 0.29) is 5.92 Å². The van der Waals surface area contributed by atoms with E-state index in [1.807, 2.05) is 0 Å². The average Bonchev–Trinajstić information content (AvgIpc) is 2.38. The molecule has 1 nitrogen and oxygen atoms in total. The average molecular weight is 271 g/mol. The van der Waals surface area contributed by atoms with Crippen molar-refractivity contribution in [2.75, 3.05) is 0 Å². The Morgan fingerprint density at radius 2 is 2.22 bits per heavy atom. The van der Waals surface area contributed by atoms with Gasteiger partial charge in [-0.1, -0.05) is 43.9 Å². The van der Waals surface area contributed by atoms with E-state index in [1.54, 1.807) is 12.1 Å². The molecule has 1 saturated carbocycles. The van der Waals surface area contributed by atoms with Crippen LogP contribution in [0.3, 0.4) is 0 Å². The second-order valence-corrected chi connectivity index (χ2v) is 5.75. The predicted molar refractivity (Wildman–Crippen MR) is 72.1 cm³/mol. The second kappa shape index (κ2) is 6.03. The van der Waals surface area contributed by atoms with E-state index < -0.39 is 11.9 Å². The Labute approximate surface area is 113 Å². The lowest BCUT2D eigenvalue weighted by molar-refractivity contribution is 0.0650. The van der Waals surface area contributed by atoms with Gasteiger partial charge in [0.15, 0.2) is 0 Å². The van der Waals surface area contributed by atoms with Gasteiger partial charge in [0.25, 0.3) is 0 Å². The molecule has 2 rings (SSSR count). The molecule has 0 amide bonds. The van der Waals surface area contributed by atoms with E-state index in [4.69, 9.17) is 11.6 Å². The first-order chi connectivity index (χ1) is 8.61. The summed E-state index contributed by atoms with van der Waals surface area (Å²) in [5, 5.41) is 10.7. The van der Waals surface area contributed by atoms with Crippen molar-refractivity contribution in [1.29, 1.82) is 0 Å². The van der Waals surface area contributed by atoms with E-state index in [1.165, 1.54) is 12.5 Å². The summed E-state index contributed by atoms with van der Waals surface area (Å²) in [6, 6.07) is 4.53. The lowest BCUT2D eigenvalue weighted by Crippen LogP contribution is -2.22. The van der Waals surface area contributed by atoms with Crippen LogP contribution in [-0.4, -0.2) is 5.11 Å².